The van der Waals surface area contributed by atoms with Crippen molar-refractivity contribution in [1.82, 2.24) is 10.2 Å². The fourth-order valence-corrected chi connectivity index (χ4v) is 2.87. The van der Waals surface area contributed by atoms with Crippen molar-refractivity contribution in [2.24, 2.45) is 0 Å². The molecule has 1 saturated heterocycles. The van der Waals surface area contributed by atoms with Crippen molar-refractivity contribution in [3.05, 3.63) is 35.4 Å². The second-order valence-electron chi connectivity index (χ2n) is 5.67. The Kier molecular flexibility index (Phi) is 4.99. The van der Waals surface area contributed by atoms with Crippen LogP contribution in [0.4, 0.5) is 0 Å². The summed E-state index contributed by atoms with van der Waals surface area (Å²) in [6.07, 6.45) is 2.22. The van der Waals surface area contributed by atoms with Crippen molar-refractivity contribution >= 4 is 11.8 Å². The number of nitrogens with one attached hydrogen (secondary N) is 1. The van der Waals surface area contributed by atoms with E-state index in [1.165, 1.54) is 0 Å². The van der Waals surface area contributed by atoms with E-state index in [2.05, 4.69) is 5.32 Å². The van der Waals surface area contributed by atoms with Gasteiger partial charge in [-0.05, 0) is 30.9 Å². The molecule has 0 saturated carbocycles. The molecule has 0 spiro atoms. The highest BCUT2D eigenvalue weighted by Crippen LogP contribution is 2.20. The lowest BCUT2D eigenvalue weighted by Crippen LogP contribution is -2.62. The molecule has 0 aliphatic carbocycles. The Morgan fingerprint density at radius 2 is 1.90 bits per heavy atom. The molecule has 0 bridgehead atoms. The smallest absolute Gasteiger partial charge is 0.246 e. The molecule has 2 rings (SSSR count). The number of amides is 2. The summed E-state index contributed by atoms with van der Waals surface area (Å²) in [5, 5.41) is 2.87. The highest BCUT2D eigenvalue weighted by Gasteiger charge is 2.38. The Morgan fingerprint density at radius 1 is 1.19 bits per heavy atom. The predicted octanol–water partition coefficient (Wildman–Crippen LogP) is 2.40. The Hall–Kier alpha value is -1.84. The molecule has 1 aliphatic heterocycles. The van der Waals surface area contributed by atoms with E-state index in [4.69, 9.17) is 0 Å². The minimum atomic E-state index is -0.366. The van der Waals surface area contributed by atoms with Gasteiger partial charge in [-0.2, -0.15) is 0 Å². The maximum absolute atomic E-state index is 12.7. The molecule has 4 nitrogen and oxygen atoms in total. The molecule has 4 heteroatoms. The van der Waals surface area contributed by atoms with Crippen molar-refractivity contribution in [3.8, 4) is 0 Å². The zero-order valence-electron chi connectivity index (χ0n) is 13.1. The van der Waals surface area contributed by atoms with Crippen LogP contribution in [-0.2, 0) is 16.1 Å². The summed E-state index contributed by atoms with van der Waals surface area (Å²) >= 11 is 0. The van der Waals surface area contributed by atoms with Gasteiger partial charge in [-0.25, -0.2) is 0 Å². The van der Waals surface area contributed by atoms with Gasteiger partial charge in [-0.3, -0.25) is 9.59 Å². The molecule has 114 valence electrons. The van der Waals surface area contributed by atoms with E-state index in [-0.39, 0.29) is 23.9 Å². The maximum Gasteiger partial charge on any atom is 0.246 e. The Balaban J connectivity index is 2.25. The van der Waals surface area contributed by atoms with Crippen LogP contribution < -0.4 is 5.32 Å². The van der Waals surface area contributed by atoms with Gasteiger partial charge in [-0.1, -0.05) is 44.5 Å². The van der Waals surface area contributed by atoms with Crippen LogP contribution >= 0.6 is 0 Å². The number of piperazine rings is 1. The van der Waals surface area contributed by atoms with Crippen LogP contribution in [0.1, 0.15) is 44.2 Å². The Labute approximate surface area is 126 Å². The Bertz CT molecular complexity index is 527. The molecule has 2 unspecified atom stereocenters. The number of benzene rings is 1. The maximum atomic E-state index is 12.7. The first kappa shape index (κ1) is 15.5. The normalized spacial score (nSPS) is 22.3. The summed E-state index contributed by atoms with van der Waals surface area (Å²) in [5.74, 6) is 0.0238. The van der Waals surface area contributed by atoms with Gasteiger partial charge in [0.25, 0.3) is 0 Å². The summed E-state index contributed by atoms with van der Waals surface area (Å²) in [6, 6.07) is 7.30. The zero-order valence-corrected chi connectivity index (χ0v) is 13.1. The molecule has 1 aromatic carbocycles. The van der Waals surface area contributed by atoms with Gasteiger partial charge < -0.3 is 10.2 Å². The number of rotatable bonds is 5. The molecule has 2 amide bonds. The van der Waals surface area contributed by atoms with E-state index in [9.17, 15) is 9.59 Å². The van der Waals surface area contributed by atoms with Crippen molar-refractivity contribution in [1.29, 1.82) is 0 Å². The number of nitrogens with zero attached hydrogens (tertiary/aromatic N) is 1. The van der Waals surface area contributed by atoms with Crippen LogP contribution in [0.5, 0.6) is 0 Å². The molecule has 0 radical (unpaired) electrons. The molecule has 2 atom stereocenters. The van der Waals surface area contributed by atoms with Crippen molar-refractivity contribution in [3.63, 3.8) is 0 Å². The van der Waals surface area contributed by atoms with Crippen LogP contribution in [0.25, 0.3) is 0 Å². The Morgan fingerprint density at radius 3 is 2.52 bits per heavy atom. The summed E-state index contributed by atoms with van der Waals surface area (Å²) in [7, 11) is 0. The number of carbonyl (C=O) groups is 2. The average molecular weight is 288 g/mol. The summed E-state index contributed by atoms with van der Waals surface area (Å²) in [5.41, 5.74) is 2.26. The predicted molar refractivity (Wildman–Crippen MR) is 82.6 cm³/mol. The largest absolute Gasteiger partial charge is 0.343 e. The van der Waals surface area contributed by atoms with Crippen molar-refractivity contribution < 1.29 is 9.59 Å². The highest BCUT2D eigenvalue weighted by molar-refractivity contribution is 5.96. The van der Waals surface area contributed by atoms with E-state index in [1.807, 2.05) is 45.0 Å². The summed E-state index contributed by atoms with van der Waals surface area (Å²) in [6.45, 7) is 6.52. The fourth-order valence-electron chi connectivity index (χ4n) is 2.87. The van der Waals surface area contributed by atoms with Crippen LogP contribution in [0.2, 0.25) is 0 Å². The van der Waals surface area contributed by atoms with Crippen LogP contribution in [0.3, 0.4) is 0 Å². The first-order valence-electron chi connectivity index (χ1n) is 7.73. The quantitative estimate of drug-likeness (QED) is 0.904. The highest BCUT2D eigenvalue weighted by atomic mass is 16.2. The van der Waals surface area contributed by atoms with Crippen molar-refractivity contribution in [2.45, 2.75) is 58.7 Å². The first-order valence-corrected chi connectivity index (χ1v) is 7.73. The van der Waals surface area contributed by atoms with Crippen molar-refractivity contribution in [2.75, 3.05) is 0 Å². The van der Waals surface area contributed by atoms with E-state index in [0.717, 1.165) is 17.5 Å². The van der Waals surface area contributed by atoms with Crippen LogP contribution in [0.15, 0.2) is 24.3 Å². The third-order valence-corrected chi connectivity index (χ3v) is 4.14. The van der Waals surface area contributed by atoms with Crippen LogP contribution in [0, 0.1) is 6.92 Å². The van der Waals surface area contributed by atoms with Crippen LogP contribution in [-0.4, -0.2) is 28.8 Å². The lowest BCUT2D eigenvalue weighted by atomic mass is 10.00. The monoisotopic (exact) mass is 288 g/mol. The van der Waals surface area contributed by atoms with Gasteiger partial charge in [0.2, 0.25) is 11.8 Å². The number of carbonyl (C=O) groups excluding carboxylic acids is 2. The molecule has 0 aromatic heterocycles. The summed E-state index contributed by atoms with van der Waals surface area (Å²) in [4.78, 5) is 26.6. The van der Waals surface area contributed by atoms with E-state index in [0.29, 0.717) is 19.4 Å². The van der Waals surface area contributed by atoms with Gasteiger partial charge in [0.15, 0.2) is 0 Å². The van der Waals surface area contributed by atoms with E-state index in [1.54, 1.807) is 4.90 Å². The molecule has 21 heavy (non-hydrogen) atoms. The van der Waals surface area contributed by atoms with E-state index < -0.39 is 0 Å². The van der Waals surface area contributed by atoms with Gasteiger partial charge in [0.05, 0.1) is 0 Å². The van der Waals surface area contributed by atoms with Gasteiger partial charge in [0.1, 0.15) is 12.1 Å². The molecule has 1 aliphatic rings. The SMILES string of the molecule is CCCC1NC(=O)C(CC)N(Cc2ccccc2C)C1=O. The molecule has 1 fully saturated rings. The second kappa shape index (κ2) is 6.74. The molecule has 1 N–H and O–H groups in total. The number of hydrogen-bond donors (Lipinski definition) is 1. The number of hydrogen-bond acceptors (Lipinski definition) is 2. The minimum Gasteiger partial charge on any atom is -0.343 e. The molecular formula is C17H24N2O2. The third kappa shape index (κ3) is 3.26. The zero-order chi connectivity index (χ0) is 15.4. The third-order valence-electron chi connectivity index (χ3n) is 4.14. The van der Waals surface area contributed by atoms with Gasteiger partial charge >= 0.3 is 0 Å². The molecular weight excluding hydrogens is 264 g/mol. The fraction of sp³-hybridized carbons (Fsp3) is 0.529. The lowest BCUT2D eigenvalue weighted by molar-refractivity contribution is -0.150. The van der Waals surface area contributed by atoms with Gasteiger partial charge in [0, 0.05) is 6.54 Å². The first-order chi connectivity index (χ1) is 10.1. The second-order valence-corrected chi connectivity index (χ2v) is 5.67. The molecule has 1 aromatic rings. The van der Waals surface area contributed by atoms with Gasteiger partial charge in [-0.15, -0.1) is 0 Å². The summed E-state index contributed by atoms with van der Waals surface area (Å²) < 4.78 is 0. The lowest BCUT2D eigenvalue weighted by Gasteiger charge is -2.39. The topological polar surface area (TPSA) is 49.4 Å². The van der Waals surface area contributed by atoms with E-state index >= 15 is 0 Å². The average Bonchev–Trinajstić information content (AvgIpc) is 2.46. The molecule has 1 heterocycles. The minimum absolute atomic E-state index is 0.0239. The standard InChI is InChI=1S/C17H24N2O2/c1-4-8-14-17(21)19(15(5-2)16(20)18-14)11-13-10-7-6-9-12(13)3/h6-7,9-10,14-15H,4-5,8,11H2,1-3H3,(H,18,20). The number of aryl methyl sites for hydroxylation is 1.